The van der Waals surface area contributed by atoms with Gasteiger partial charge in [-0.3, -0.25) is 0 Å². The van der Waals surface area contributed by atoms with Crippen LogP contribution in [0.2, 0.25) is 0 Å². The van der Waals surface area contributed by atoms with Crippen LogP contribution in [0.5, 0.6) is 0 Å². The van der Waals surface area contributed by atoms with Gasteiger partial charge in [0.25, 0.3) is 0 Å². The van der Waals surface area contributed by atoms with Gasteiger partial charge in [-0.25, -0.2) is 0 Å². The first-order chi connectivity index (χ1) is 3.77. The monoisotopic (exact) mass is 111 g/mol. The second kappa shape index (κ2) is 4.13. The highest BCUT2D eigenvalue weighted by molar-refractivity contribution is 5.59. The van der Waals surface area contributed by atoms with E-state index >= 15 is 0 Å². The summed E-state index contributed by atoms with van der Waals surface area (Å²) in [7, 11) is 3.63. The van der Waals surface area contributed by atoms with Crippen molar-refractivity contribution in [2.24, 2.45) is 5.10 Å². The summed E-state index contributed by atoms with van der Waals surface area (Å²) in [6, 6.07) is 1.95. The SMILES string of the molecule is CN(C)/N=C/CC#N. The predicted molar refractivity (Wildman–Crippen MR) is 32.4 cm³/mol. The molecule has 3 nitrogen and oxygen atoms in total. The summed E-state index contributed by atoms with van der Waals surface area (Å²) >= 11 is 0. The molecule has 3 heteroatoms. The summed E-state index contributed by atoms with van der Waals surface area (Å²) in [4.78, 5) is 0. The Labute approximate surface area is 49.2 Å². The molecule has 0 rings (SSSR count). The van der Waals surface area contributed by atoms with Crippen molar-refractivity contribution < 1.29 is 0 Å². The Morgan fingerprint density at radius 3 is 2.75 bits per heavy atom. The first kappa shape index (κ1) is 6.96. The van der Waals surface area contributed by atoms with Crippen LogP contribution in [0.1, 0.15) is 6.42 Å². The lowest BCUT2D eigenvalue weighted by Crippen LogP contribution is -2.00. The standard InChI is InChI=1S/C5H9N3/c1-8(2)7-5-3-4-6/h5H,3H2,1-2H3/b7-5+. The predicted octanol–water partition coefficient (Wildman–Crippen LogP) is 0.447. The molecule has 0 unspecified atom stereocenters. The Bertz CT molecular complexity index is 109. The van der Waals surface area contributed by atoms with Crippen molar-refractivity contribution in [1.29, 1.82) is 5.26 Å². The van der Waals surface area contributed by atoms with Crippen molar-refractivity contribution >= 4 is 6.21 Å². The Morgan fingerprint density at radius 1 is 1.75 bits per heavy atom. The molecule has 0 amide bonds. The Hall–Kier alpha value is -1.04. The van der Waals surface area contributed by atoms with Crippen LogP contribution in [-0.4, -0.2) is 25.3 Å². The van der Waals surface area contributed by atoms with Crippen LogP contribution in [0.4, 0.5) is 0 Å². The Balaban J connectivity index is 3.23. The van der Waals surface area contributed by atoms with Crippen molar-refractivity contribution in [3.8, 4) is 6.07 Å². The molecule has 0 aromatic heterocycles. The van der Waals surface area contributed by atoms with E-state index in [0.717, 1.165) is 0 Å². The quantitative estimate of drug-likeness (QED) is 0.383. The van der Waals surface area contributed by atoms with Gasteiger partial charge in [0.2, 0.25) is 0 Å². The summed E-state index contributed by atoms with van der Waals surface area (Å²) in [5, 5.41) is 13.5. The van der Waals surface area contributed by atoms with Crippen molar-refractivity contribution in [3.05, 3.63) is 0 Å². The van der Waals surface area contributed by atoms with Gasteiger partial charge in [0.15, 0.2) is 0 Å². The van der Waals surface area contributed by atoms with Gasteiger partial charge in [0.1, 0.15) is 0 Å². The fraction of sp³-hybridized carbons (Fsp3) is 0.600. The average Bonchev–Trinajstić information content (AvgIpc) is 1.66. The molecule has 0 saturated heterocycles. The van der Waals surface area contributed by atoms with E-state index in [1.807, 2.05) is 20.2 Å². The minimum atomic E-state index is 0.387. The fourth-order valence-corrected chi connectivity index (χ4v) is 0.245. The number of hydrazone groups is 1. The molecular formula is C5H9N3. The van der Waals surface area contributed by atoms with E-state index in [9.17, 15) is 0 Å². The van der Waals surface area contributed by atoms with E-state index in [2.05, 4.69) is 5.10 Å². The van der Waals surface area contributed by atoms with Crippen molar-refractivity contribution in [3.63, 3.8) is 0 Å². The molecule has 8 heavy (non-hydrogen) atoms. The highest BCUT2D eigenvalue weighted by atomic mass is 15.4. The third-order valence-electron chi connectivity index (χ3n) is 0.495. The number of nitriles is 1. The minimum Gasteiger partial charge on any atom is -0.303 e. The van der Waals surface area contributed by atoms with Crippen molar-refractivity contribution in [2.45, 2.75) is 6.42 Å². The second-order valence-corrected chi connectivity index (χ2v) is 1.51. The maximum Gasteiger partial charge on any atom is 0.0722 e. The molecule has 44 valence electrons. The lowest BCUT2D eigenvalue weighted by molar-refractivity contribution is 0.439. The van der Waals surface area contributed by atoms with E-state index in [-0.39, 0.29) is 0 Å². The van der Waals surface area contributed by atoms with Gasteiger partial charge in [-0.15, -0.1) is 0 Å². The molecule has 0 aliphatic rings. The van der Waals surface area contributed by atoms with Gasteiger partial charge in [0.05, 0.1) is 12.5 Å². The van der Waals surface area contributed by atoms with Crippen LogP contribution in [0.25, 0.3) is 0 Å². The molecule has 0 heterocycles. The summed E-state index contributed by atoms with van der Waals surface area (Å²) in [6.45, 7) is 0. The average molecular weight is 111 g/mol. The molecule has 0 bridgehead atoms. The van der Waals surface area contributed by atoms with Gasteiger partial charge in [-0.05, 0) is 0 Å². The van der Waals surface area contributed by atoms with Crippen LogP contribution in [-0.2, 0) is 0 Å². The van der Waals surface area contributed by atoms with E-state index in [1.54, 1.807) is 11.2 Å². The van der Waals surface area contributed by atoms with E-state index in [4.69, 9.17) is 5.26 Å². The number of hydrogen-bond donors (Lipinski definition) is 0. The number of nitrogens with zero attached hydrogens (tertiary/aromatic N) is 3. The third kappa shape index (κ3) is 4.96. The molecule has 0 saturated carbocycles. The maximum absolute atomic E-state index is 8.02. The molecule has 0 aliphatic heterocycles. The summed E-state index contributed by atoms with van der Waals surface area (Å²) in [6.07, 6.45) is 1.96. The lowest BCUT2D eigenvalue weighted by atomic mass is 10.5. The first-order valence-electron chi connectivity index (χ1n) is 2.34. The number of hydrogen-bond acceptors (Lipinski definition) is 3. The van der Waals surface area contributed by atoms with Crippen molar-refractivity contribution in [1.82, 2.24) is 5.01 Å². The second-order valence-electron chi connectivity index (χ2n) is 1.51. The molecule has 0 fully saturated rings. The summed E-state index contributed by atoms with van der Waals surface area (Å²) < 4.78 is 0. The van der Waals surface area contributed by atoms with E-state index in [1.165, 1.54) is 0 Å². The van der Waals surface area contributed by atoms with Gasteiger partial charge >= 0.3 is 0 Å². The molecule has 0 aliphatic carbocycles. The third-order valence-corrected chi connectivity index (χ3v) is 0.495. The largest absolute Gasteiger partial charge is 0.303 e. The highest BCUT2D eigenvalue weighted by Gasteiger charge is 1.73. The first-order valence-corrected chi connectivity index (χ1v) is 2.34. The molecule has 0 atom stereocenters. The zero-order valence-corrected chi connectivity index (χ0v) is 5.13. The molecule has 0 radical (unpaired) electrons. The summed E-state index contributed by atoms with van der Waals surface area (Å²) in [5.74, 6) is 0. The smallest absolute Gasteiger partial charge is 0.0722 e. The van der Waals surface area contributed by atoms with Gasteiger partial charge in [0, 0.05) is 20.3 Å². The van der Waals surface area contributed by atoms with Gasteiger partial charge < -0.3 is 5.01 Å². The fourth-order valence-electron chi connectivity index (χ4n) is 0.245. The zero-order valence-electron chi connectivity index (χ0n) is 5.13. The number of rotatable bonds is 2. The Morgan fingerprint density at radius 2 is 2.38 bits per heavy atom. The summed E-state index contributed by atoms with van der Waals surface area (Å²) in [5.41, 5.74) is 0. The minimum absolute atomic E-state index is 0.387. The van der Waals surface area contributed by atoms with Crippen LogP contribution >= 0.6 is 0 Å². The molecule has 0 aromatic rings. The van der Waals surface area contributed by atoms with Crippen LogP contribution in [0.3, 0.4) is 0 Å². The van der Waals surface area contributed by atoms with Crippen LogP contribution in [0, 0.1) is 11.3 Å². The van der Waals surface area contributed by atoms with Crippen LogP contribution in [0.15, 0.2) is 5.10 Å². The van der Waals surface area contributed by atoms with Gasteiger partial charge in [-0.2, -0.15) is 10.4 Å². The maximum atomic E-state index is 8.02. The zero-order chi connectivity index (χ0) is 6.41. The van der Waals surface area contributed by atoms with Gasteiger partial charge in [-0.1, -0.05) is 0 Å². The highest BCUT2D eigenvalue weighted by Crippen LogP contribution is 1.73. The van der Waals surface area contributed by atoms with E-state index < -0.39 is 0 Å². The normalized spacial score (nSPS) is 9.12. The topological polar surface area (TPSA) is 39.4 Å². The van der Waals surface area contributed by atoms with E-state index in [0.29, 0.717) is 6.42 Å². The van der Waals surface area contributed by atoms with Crippen LogP contribution < -0.4 is 0 Å². The molecule has 0 N–H and O–H groups in total. The lowest BCUT2D eigenvalue weighted by Gasteiger charge is -1.99. The molecule has 0 aromatic carbocycles. The van der Waals surface area contributed by atoms with Crippen molar-refractivity contribution in [2.75, 3.05) is 14.1 Å². The Kier molecular flexibility index (Phi) is 3.59. The molecular weight excluding hydrogens is 102 g/mol. The molecule has 0 spiro atoms.